The standard InChI is InChI=1S/C18H13FN4/c19-15-7-5-13(6-8-15)12-23-17(14-3-1-9-20-11-14)22-16-4-2-10-21-18(16)23/h1-11H,12H2. The third-order valence-electron chi connectivity index (χ3n) is 3.68. The second-order valence-electron chi connectivity index (χ2n) is 5.24. The van der Waals surface area contributed by atoms with Gasteiger partial charge in [-0.1, -0.05) is 12.1 Å². The summed E-state index contributed by atoms with van der Waals surface area (Å²) in [4.78, 5) is 13.3. The van der Waals surface area contributed by atoms with E-state index in [4.69, 9.17) is 0 Å². The van der Waals surface area contributed by atoms with Crippen molar-refractivity contribution in [2.24, 2.45) is 0 Å². The summed E-state index contributed by atoms with van der Waals surface area (Å²) in [5, 5.41) is 0. The molecule has 0 aliphatic rings. The molecule has 4 aromatic rings. The van der Waals surface area contributed by atoms with Gasteiger partial charge in [0.1, 0.15) is 17.2 Å². The number of aromatic nitrogens is 4. The van der Waals surface area contributed by atoms with E-state index in [1.807, 2.05) is 28.8 Å². The van der Waals surface area contributed by atoms with Crippen LogP contribution in [0.4, 0.5) is 4.39 Å². The summed E-state index contributed by atoms with van der Waals surface area (Å²) in [5.74, 6) is 0.561. The van der Waals surface area contributed by atoms with E-state index in [0.717, 1.165) is 28.1 Å². The molecule has 0 spiro atoms. The molecule has 0 bridgehead atoms. The van der Waals surface area contributed by atoms with Gasteiger partial charge in [-0.25, -0.2) is 14.4 Å². The van der Waals surface area contributed by atoms with Crippen LogP contribution in [0.3, 0.4) is 0 Å². The Bertz CT molecular complexity index is 946. The minimum atomic E-state index is -0.241. The van der Waals surface area contributed by atoms with Gasteiger partial charge in [0.15, 0.2) is 5.65 Å². The molecule has 0 saturated carbocycles. The smallest absolute Gasteiger partial charge is 0.160 e. The highest BCUT2D eigenvalue weighted by Crippen LogP contribution is 2.24. The fourth-order valence-electron chi connectivity index (χ4n) is 2.60. The van der Waals surface area contributed by atoms with Gasteiger partial charge >= 0.3 is 0 Å². The number of rotatable bonds is 3. The normalized spacial score (nSPS) is 11.0. The molecule has 0 atom stereocenters. The van der Waals surface area contributed by atoms with Gasteiger partial charge in [0, 0.05) is 24.2 Å². The van der Waals surface area contributed by atoms with Crippen molar-refractivity contribution in [3.63, 3.8) is 0 Å². The quantitative estimate of drug-likeness (QED) is 0.580. The molecular formula is C18H13FN4. The van der Waals surface area contributed by atoms with E-state index in [1.54, 1.807) is 30.7 Å². The van der Waals surface area contributed by atoms with Crippen LogP contribution < -0.4 is 0 Å². The molecule has 0 unspecified atom stereocenters. The van der Waals surface area contributed by atoms with Gasteiger partial charge in [-0.05, 0) is 42.0 Å². The molecule has 4 nitrogen and oxygen atoms in total. The number of imidazole rings is 1. The van der Waals surface area contributed by atoms with E-state index in [9.17, 15) is 4.39 Å². The van der Waals surface area contributed by atoms with Crippen LogP contribution in [-0.4, -0.2) is 19.5 Å². The van der Waals surface area contributed by atoms with Crippen LogP contribution in [0.2, 0.25) is 0 Å². The van der Waals surface area contributed by atoms with E-state index in [-0.39, 0.29) is 5.82 Å². The van der Waals surface area contributed by atoms with Gasteiger partial charge in [0.05, 0.1) is 6.54 Å². The second kappa shape index (κ2) is 5.61. The average molecular weight is 304 g/mol. The number of nitrogens with zero attached hydrogens (tertiary/aromatic N) is 4. The first-order valence-corrected chi connectivity index (χ1v) is 7.27. The summed E-state index contributed by atoms with van der Waals surface area (Å²) in [6.07, 6.45) is 5.26. The highest BCUT2D eigenvalue weighted by atomic mass is 19.1. The fraction of sp³-hybridized carbons (Fsp3) is 0.0556. The maximum absolute atomic E-state index is 13.1. The average Bonchev–Trinajstić information content (AvgIpc) is 2.96. The van der Waals surface area contributed by atoms with E-state index >= 15 is 0 Å². The van der Waals surface area contributed by atoms with E-state index in [0.29, 0.717) is 6.54 Å². The Morgan fingerprint density at radius 3 is 2.57 bits per heavy atom. The molecular weight excluding hydrogens is 291 g/mol. The lowest BCUT2D eigenvalue weighted by atomic mass is 10.2. The number of fused-ring (bicyclic) bond motifs is 1. The number of benzene rings is 1. The monoisotopic (exact) mass is 304 g/mol. The number of hydrogen-bond donors (Lipinski definition) is 0. The van der Waals surface area contributed by atoms with Crippen molar-refractivity contribution in [3.8, 4) is 11.4 Å². The molecule has 5 heteroatoms. The SMILES string of the molecule is Fc1ccc(Cn2c(-c3cccnc3)nc3cccnc32)cc1. The minimum absolute atomic E-state index is 0.241. The van der Waals surface area contributed by atoms with Gasteiger partial charge < -0.3 is 4.57 Å². The first-order chi connectivity index (χ1) is 11.3. The molecule has 0 amide bonds. The van der Waals surface area contributed by atoms with Crippen molar-refractivity contribution < 1.29 is 4.39 Å². The number of halogens is 1. The Kier molecular flexibility index (Phi) is 3.31. The van der Waals surface area contributed by atoms with Crippen molar-refractivity contribution in [3.05, 3.63) is 78.5 Å². The van der Waals surface area contributed by atoms with E-state index in [2.05, 4.69) is 15.0 Å². The lowest BCUT2D eigenvalue weighted by Crippen LogP contribution is -2.03. The maximum Gasteiger partial charge on any atom is 0.160 e. The Morgan fingerprint density at radius 2 is 1.78 bits per heavy atom. The van der Waals surface area contributed by atoms with Crippen LogP contribution in [-0.2, 0) is 6.54 Å². The van der Waals surface area contributed by atoms with Gasteiger partial charge in [0.2, 0.25) is 0 Å². The Morgan fingerprint density at radius 1 is 0.957 bits per heavy atom. The van der Waals surface area contributed by atoms with Crippen LogP contribution >= 0.6 is 0 Å². The minimum Gasteiger partial charge on any atom is -0.304 e. The van der Waals surface area contributed by atoms with Crippen molar-refractivity contribution in [1.29, 1.82) is 0 Å². The van der Waals surface area contributed by atoms with Gasteiger partial charge in [-0.3, -0.25) is 4.98 Å². The second-order valence-corrected chi connectivity index (χ2v) is 5.24. The van der Waals surface area contributed by atoms with Crippen molar-refractivity contribution in [2.75, 3.05) is 0 Å². The highest BCUT2D eigenvalue weighted by molar-refractivity contribution is 5.77. The summed E-state index contributed by atoms with van der Waals surface area (Å²) in [6, 6.07) is 14.1. The van der Waals surface area contributed by atoms with Crippen molar-refractivity contribution in [2.45, 2.75) is 6.54 Å². The molecule has 0 saturated heterocycles. The molecule has 0 fully saturated rings. The molecule has 1 aromatic carbocycles. The largest absolute Gasteiger partial charge is 0.304 e. The Hall–Kier alpha value is -3.08. The van der Waals surface area contributed by atoms with Gasteiger partial charge in [-0.15, -0.1) is 0 Å². The number of pyridine rings is 2. The predicted molar refractivity (Wildman–Crippen MR) is 86.3 cm³/mol. The summed E-state index contributed by atoms with van der Waals surface area (Å²) in [5.41, 5.74) is 3.54. The van der Waals surface area contributed by atoms with Crippen LogP contribution in [0.5, 0.6) is 0 Å². The van der Waals surface area contributed by atoms with Crippen LogP contribution in [0, 0.1) is 5.82 Å². The molecule has 23 heavy (non-hydrogen) atoms. The fourth-order valence-corrected chi connectivity index (χ4v) is 2.60. The molecule has 112 valence electrons. The third-order valence-corrected chi connectivity index (χ3v) is 3.68. The molecule has 3 heterocycles. The van der Waals surface area contributed by atoms with Crippen molar-refractivity contribution >= 4 is 11.2 Å². The third kappa shape index (κ3) is 2.57. The van der Waals surface area contributed by atoms with Crippen LogP contribution in [0.1, 0.15) is 5.56 Å². The Balaban J connectivity index is 1.87. The molecule has 0 N–H and O–H groups in total. The van der Waals surface area contributed by atoms with Gasteiger partial charge in [0.25, 0.3) is 0 Å². The molecule has 3 aromatic heterocycles. The zero-order valence-corrected chi connectivity index (χ0v) is 12.2. The molecule has 0 aliphatic heterocycles. The first-order valence-electron chi connectivity index (χ1n) is 7.27. The summed E-state index contributed by atoms with van der Waals surface area (Å²) >= 11 is 0. The lowest BCUT2D eigenvalue weighted by Gasteiger charge is -2.08. The number of hydrogen-bond acceptors (Lipinski definition) is 3. The lowest BCUT2D eigenvalue weighted by molar-refractivity contribution is 0.626. The maximum atomic E-state index is 13.1. The predicted octanol–water partition coefficient (Wildman–Crippen LogP) is 3.68. The van der Waals surface area contributed by atoms with E-state index in [1.165, 1.54) is 12.1 Å². The van der Waals surface area contributed by atoms with Crippen LogP contribution in [0.25, 0.3) is 22.6 Å². The summed E-state index contributed by atoms with van der Waals surface area (Å²) in [7, 11) is 0. The zero-order chi connectivity index (χ0) is 15.6. The molecule has 0 radical (unpaired) electrons. The zero-order valence-electron chi connectivity index (χ0n) is 12.2. The highest BCUT2D eigenvalue weighted by Gasteiger charge is 2.13. The Labute approximate surface area is 132 Å². The van der Waals surface area contributed by atoms with Crippen molar-refractivity contribution in [1.82, 2.24) is 19.5 Å². The molecule has 4 rings (SSSR count). The molecule has 0 aliphatic carbocycles. The summed E-state index contributed by atoms with van der Waals surface area (Å²) < 4.78 is 15.2. The van der Waals surface area contributed by atoms with Crippen LogP contribution in [0.15, 0.2) is 67.1 Å². The van der Waals surface area contributed by atoms with E-state index < -0.39 is 0 Å². The van der Waals surface area contributed by atoms with Gasteiger partial charge in [-0.2, -0.15) is 0 Å². The first kappa shape index (κ1) is 13.6. The summed E-state index contributed by atoms with van der Waals surface area (Å²) in [6.45, 7) is 0.567. The topological polar surface area (TPSA) is 43.6 Å².